The molecule has 0 radical (unpaired) electrons. The molecule has 0 aliphatic carbocycles. The third kappa shape index (κ3) is 2.57. The minimum Gasteiger partial charge on any atom is -0.698 e. The van der Waals surface area contributed by atoms with Crippen LogP contribution in [0.4, 0.5) is 10.1 Å². The molecule has 7 heteroatoms. The predicted molar refractivity (Wildman–Crippen MR) is 70.3 cm³/mol. The van der Waals surface area contributed by atoms with Crippen LogP contribution in [0.15, 0.2) is 18.2 Å². The molecule has 2 aromatic rings. The van der Waals surface area contributed by atoms with Crippen LogP contribution in [-0.2, 0) is 21.1 Å². The number of hydrogen-bond acceptors (Lipinski definition) is 3. The van der Waals surface area contributed by atoms with Crippen molar-refractivity contribution in [1.82, 2.24) is 0 Å². The zero-order valence-electron chi connectivity index (χ0n) is 9.98. The maximum absolute atomic E-state index is 13.6. The molecule has 0 atom stereocenters. The van der Waals surface area contributed by atoms with Gasteiger partial charge in [0.1, 0.15) is 5.82 Å². The monoisotopic (exact) mass is 440 g/mol. The molecule has 0 unspecified atom stereocenters. The SMILES string of the molecule is Cc1c(F)ccc2cc([NH-])c(C=N)c(B(O)O)c12.[Pt]. The number of aryl methyl sites for hydroxylation is 1. The van der Waals surface area contributed by atoms with E-state index in [2.05, 4.69) is 0 Å². The van der Waals surface area contributed by atoms with Crippen molar-refractivity contribution in [3.63, 3.8) is 0 Å². The Labute approximate surface area is 124 Å². The van der Waals surface area contributed by atoms with E-state index in [1.807, 2.05) is 0 Å². The van der Waals surface area contributed by atoms with E-state index in [0.29, 0.717) is 10.8 Å². The molecule has 0 bridgehead atoms. The van der Waals surface area contributed by atoms with Crippen molar-refractivity contribution >= 4 is 35.3 Å². The van der Waals surface area contributed by atoms with Crippen molar-refractivity contribution in [1.29, 1.82) is 5.41 Å². The molecule has 2 rings (SSSR count). The smallest absolute Gasteiger partial charge is 0.489 e. The second kappa shape index (κ2) is 5.82. The van der Waals surface area contributed by atoms with Gasteiger partial charge in [-0.25, -0.2) is 4.39 Å². The Balaban J connectivity index is 0.00000180. The molecule has 102 valence electrons. The van der Waals surface area contributed by atoms with Crippen molar-refractivity contribution in [3.05, 3.63) is 40.9 Å². The molecule has 2 aromatic carbocycles. The van der Waals surface area contributed by atoms with Gasteiger partial charge in [0.25, 0.3) is 0 Å². The minimum atomic E-state index is -1.85. The van der Waals surface area contributed by atoms with Gasteiger partial charge in [0.05, 0.1) is 0 Å². The molecule has 0 saturated heterocycles. The summed E-state index contributed by atoms with van der Waals surface area (Å²) in [6.45, 7) is 1.53. The molecule has 4 nitrogen and oxygen atoms in total. The Morgan fingerprint density at radius 1 is 1.37 bits per heavy atom. The second-order valence-electron chi connectivity index (χ2n) is 4.04. The quantitative estimate of drug-likeness (QED) is 0.490. The molecule has 0 aliphatic rings. The Morgan fingerprint density at radius 2 is 2.00 bits per heavy atom. The summed E-state index contributed by atoms with van der Waals surface area (Å²) in [5, 5.41) is 27.0. The van der Waals surface area contributed by atoms with E-state index in [-0.39, 0.29) is 43.3 Å². The molecule has 0 aromatic heterocycles. The van der Waals surface area contributed by atoms with Crippen LogP contribution >= 0.6 is 0 Å². The van der Waals surface area contributed by atoms with E-state index >= 15 is 0 Å². The summed E-state index contributed by atoms with van der Waals surface area (Å²) in [7, 11) is -1.85. The van der Waals surface area contributed by atoms with Crippen LogP contribution in [-0.4, -0.2) is 23.4 Å². The third-order valence-electron chi connectivity index (χ3n) is 2.98. The van der Waals surface area contributed by atoms with E-state index in [4.69, 9.17) is 11.1 Å². The van der Waals surface area contributed by atoms with Gasteiger partial charge in [-0.3, -0.25) is 0 Å². The zero-order chi connectivity index (χ0) is 13.4. The fourth-order valence-corrected chi connectivity index (χ4v) is 2.12. The summed E-state index contributed by atoms with van der Waals surface area (Å²) < 4.78 is 13.6. The predicted octanol–water partition coefficient (Wildman–Crippen LogP) is 1.65. The van der Waals surface area contributed by atoms with Crippen LogP contribution in [0, 0.1) is 18.2 Å². The van der Waals surface area contributed by atoms with E-state index in [9.17, 15) is 14.4 Å². The van der Waals surface area contributed by atoms with Gasteiger partial charge in [0, 0.05) is 27.3 Å². The summed E-state index contributed by atoms with van der Waals surface area (Å²) in [5.41, 5.74) is 8.12. The largest absolute Gasteiger partial charge is 0.698 e. The van der Waals surface area contributed by atoms with Crippen LogP contribution in [0.3, 0.4) is 0 Å². The summed E-state index contributed by atoms with van der Waals surface area (Å²) in [5.74, 6) is -0.460. The first-order valence-corrected chi connectivity index (χ1v) is 5.31. The molecule has 0 spiro atoms. The van der Waals surface area contributed by atoms with E-state index < -0.39 is 12.9 Å². The van der Waals surface area contributed by atoms with Crippen molar-refractivity contribution in [2.45, 2.75) is 6.92 Å². The molecule has 0 fully saturated rings. The molecule has 0 amide bonds. The summed E-state index contributed by atoms with van der Waals surface area (Å²) in [6.07, 6.45) is 0.876. The average Bonchev–Trinajstić information content (AvgIpc) is 2.32. The Morgan fingerprint density at radius 3 is 2.53 bits per heavy atom. The van der Waals surface area contributed by atoms with Crippen LogP contribution in [0.2, 0.25) is 0 Å². The summed E-state index contributed by atoms with van der Waals surface area (Å²) in [6, 6.07) is 4.23. The van der Waals surface area contributed by atoms with Gasteiger partial charge >= 0.3 is 7.12 Å². The normalized spacial score (nSPS) is 10.1. The van der Waals surface area contributed by atoms with E-state index in [0.717, 1.165) is 6.21 Å². The van der Waals surface area contributed by atoms with Crippen molar-refractivity contribution in [2.24, 2.45) is 0 Å². The molecule has 0 saturated carbocycles. The van der Waals surface area contributed by atoms with Crippen LogP contribution in [0.1, 0.15) is 11.1 Å². The van der Waals surface area contributed by atoms with Crippen molar-refractivity contribution < 1.29 is 35.5 Å². The van der Waals surface area contributed by atoms with Gasteiger partial charge in [0.15, 0.2) is 0 Å². The second-order valence-corrected chi connectivity index (χ2v) is 4.04. The first-order valence-electron chi connectivity index (χ1n) is 5.31. The first kappa shape index (κ1) is 15.8. The molecule has 0 aliphatic heterocycles. The Hall–Kier alpha value is -1.23. The van der Waals surface area contributed by atoms with Gasteiger partial charge in [-0.15, -0.1) is 5.69 Å². The van der Waals surface area contributed by atoms with Gasteiger partial charge < -0.3 is 21.2 Å². The number of benzene rings is 2. The number of fused-ring (bicyclic) bond motifs is 1. The molecule has 4 N–H and O–H groups in total. The number of nitrogens with one attached hydrogen (secondary N) is 2. The zero-order valence-corrected chi connectivity index (χ0v) is 12.2. The van der Waals surface area contributed by atoms with Gasteiger partial charge in [0.2, 0.25) is 0 Å². The summed E-state index contributed by atoms with van der Waals surface area (Å²) in [4.78, 5) is 0. The Bertz CT molecular complexity index is 649. The van der Waals surface area contributed by atoms with E-state index in [1.165, 1.54) is 25.1 Å². The topological polar surface area (TPSA) is 88.1 Å². The maximum Gasteiger partial charge on any atom is 0.489 e. The molecular weight excluding hydrogens is 429 g/mol. The van der Waals surface area contributed by atoms with Crippen LogP contribution in [0.5, 0.6) is 0 Å². The van der Waals surface area contributed by atoms with Gasteiger partial charge in [-0.05, 0) is 40.4 Å². The van der Waals surface area contributed by atoms with Gasteiger partial charge in [-0.1, -0.05) is 12.1 Å². The van der Waals surface area contributed by atoms with Crippen LogP contribution in [0.25, 0.3) is 16.5 Å². The van der Waals surface area contributed by atoms with Crippen LogP contribution < -0.4 is 5.46 Å². The fraction of sp³-hybridized carbons (Fsp3) is 0.0833. The number of hydrogen-bond donors (Lipinski definition) is 3. The molecule has 0 heterocycles. The first-order chi connectivity index (χ1) is 8.47. The average molecular weight is 440 g/mol. The minimum absolute atomic E-state index is 0. The maximum atomic E-state index is 13.6. The standard InChI is InChI=1S/C12H11BFN2O2.Pt/c1-6-9(14)3-2-7-4-10(16)8(5-15)12(11(6)7)13(17)18;/h2-5,15-18H,1H3;/q-1;. The fourth-order valence-electron chi connectivity index (χ4n) is 2.12. The number of rotatable bonds is 2. The molecule has 19 heavy (non-hydrogen) atoms. The number of halogens is 1. The van der Waals surface area contributed by atoms with Gasteiger partial charge in [-0.2, -0.15) is 0 Å². The third-order valence-corrected chi connectivity index (χ3v) is 2.98. The van der Waals surface area contributed by atoms with E-state index in [1.54, 1.807) is 0 Å². The molecular formula is C12H11BFN2O2Pt-. The summed E-state index contributed by atoms with van der Waals surface area (Å²) >= 11 is 0. The van der Waals surface area contributed by atoms with Crippen molar-refractivity contribution in [3.8, 4) is 0 Å². The van der Waals surface area contributed by atoms with Crippen molar-refractivity contribution in [2.75, 3.05) is 0 Å². The Kier molecular flexibility index (Phi) is 4.85.